The van der Waals surface area contributed by atoms with E-state index in [1.54, 1.807) is 6.07 Å². The second kappa shape index (κ2) is 5.92. The van der Waals surface area contributed by atoms with Crippen molar-refractivity contribution < 1.29 is 14.3 Å². The van der Waals surface area contributed by atoms with Crippen LogP contribution < -0.4 is 0 Å². The first-order chi connectivity index (χ1) is 9.49. The van der Waals surface area contributed by atoms with Crippen LogP contribution in [-0.2, 0) is 6.54 Å². The van der Waals surface area contributed by atoms with Crippen molar-refractivity contribution in [3.05, 3.63) is 35.1 Å². The van der Waals surface area contributed by atoms with Gasteiger partial charge in [0.2, 0.25) is 0 Å². The minimum Gasteiger partial charge on any atom is -0.478 e. The van der Waals surface area contributed by atoms with Crippen LogP contribution in [0.25, 0.3) is 0 Å². The first-order valence-corrected chi connectivity index (χ1v) is 7.24. The molecule has 0 spiro atoms. The fourth-order valence-electron chi connectivity index (χ4n) is 3.12. The fraction of sp³-hybridized carbons (Fsp3) is 0.562. The first kappa shape index (κ1) is 15.0. The van der Waals surface area contributed by atoms with E-state index in [-0.39, 0.29) is 5.56 Å². The summed E-state index contributed by atoms with van der Waals surface area (Å²) in [7, 11) is 0. The molecule has 0 aromatic heterocycles. The van der Waals surface area contributed by atoms with E-state index in [0.717, 1.165) is 38.4 Å². The molecule has 0 aliphatic carbocycles. The number of rotatable bonds is 5. The highest BCUT2D eigenvalue weighted by molar-refractivity contribution is 5.89. The number of carboxylic acid groups (broad SMARTS) is 1. The summed E-state index contributed by atoms with van der Waals surface area (Å²) in [5.74, 6) is -1.56. The molecule has 110 valence electrons. The molecule has 1 aliphatic rings. The quantitative estimate of drug-likeness (QED) is 0.896. The molecule has 0 amide bonds. The van der Waals surface area contributed by atoms with Gasteiger partial charge in [0.25, 0.3) is 0 Å². The molecule has 2 rings (SSSR count). The molecule has 1 saturated heterocycles. The average Bonchev–Trinajstić information content (AvgIpc) is 2.84. The number of likely N-dealkylation sites (tertiary alicyclic amines) is 1. The molecule has 20 heavy (non-hydrogen) atoms. The monoisotopic (exact) mass is 279 g/mol. The van der Waals surface area contributed by atoms with E-state index in [4.69, 9.17) is 0 Å². The van der Waals surface area contributed by atoms with Crippen molar-refractivity contribution in [2.24, 2.45) is 5.41 Å². The Morgan fingerprint density at radius 3 is 2.65 bits per heavy atom. The summed E-state index contributed by atoms with van der Waals surface area (Å²) in [6.45, 7) is 7.00. The van der Waals surface area contributed by atoms with Gasteiger partial charge in [0.1, 0.15) is 5.82 Å². The summed E-state index contributed by atoms with van der Waals surface area (Å²) in [6.07, 6.45) is 3.45. The topological polar surface area (TPSA) is 40.5 Å². The first-order valence-electron chi connectivity index (χ1n) is 7.24. The van der Waals surface area contributed by atoms with Crippen molar-refractivity contribution in [2.45, 2.75) is 39.7 Å². The molecule has 3 nitrogen and oxygen atoms in total. The predicted octanol–water partition coefficient (Wildman–Crippen LogP) is 3.54. The standard InChI is InChI=1S/C16H22FNO2/c1-3-16(4-2)7-8-18(11-16)10-12-5-6-13(17)9-14(12)15(19)20/h5-6,9H,3-4,7-8,10-11H2,1-2H3,(H,19,20). The lowest BCUT2D eigenvalue weighted by atomic mass is 9.82. The molecule has 0 radical (unpaired) electrons. The van der Waals surface area contributed by atoms with Gasteiger partial charge in [-0.2, -0.15) is 0 Å². The Hall–Kier alpha value is -1.42. The van der Waals surface area contributed by atoms with E-state index in [2.05, 4.69) is 18.7 Å². The van der Waals surface area contributed by atoms with Crippen LogP contribution >= 0.6 is 0 Å². The second-order valence-electron chi connectivity index (χ2n) is 5.77. The lowest BCUT2D eigenvalue weighted by Gasteiger charge is -2.26. The fourth-order valence-corrected chi connectivity index (χ4v) is 3.12. The van der Waals surface area contributed by atoms with Crippen LogP contribution in [0.5, 0.6) is 0 Å². The van der Waals surface area contributed by atoms with Crippen LogP contribution in [0.2, 0.25) is 0 Å². The van der Waals surface area contributed by atoms with Crippen LogP contribution in [0.3, 0.4) is 0 Å². The van der Waals surface area contributed by atoms with Crippen LogP contribution in [0.4, 0.5) is 4.39 Å². The largest absolute Gasteiger partial charge is 0.478 e. The molecule has 0 bridgehead atoms. The second-order valence-corrected chi connectivity index (χ2v) is 5.77. The van der Waals surface area contributed by atoms with Crippen molar-refractivity contribution in [1.29, 1.82) is 0 Å². The van der Waals surface area contributed by atoms with Crippen molar-refractivity contribution >= 4 is 5.97 Å². The maximum Gasteiger partial charge on any atom is 0.336 e. The number of nitrogens with zero attached hydrogens (tertiary/aromatic N) is 1. The molecule has 1 aromatic rings. The molecule has 1 aliphatic heterocycles. The van der Waals surface area contributed by atoms with Crippen molar-refractivity contribution in [3.63, 3.8) is 0 Å². The van der Waals surface area contributed by atoms with E-state index in [1.165, 1.54) is 6.07 Å². The van der Waals surface area contributed by atoms with Gasteiger partial charge in [-0.05, 0) is 48.9 Å². The summed E-state index contributed by atoms with van der Waals surface area (Å²) in [6, 6.07) is 4.04. The summed E-state index contributed by atoms with van der Waals surface area (Å²) in [5, 5.41) is 9.17. The minimum atomic E-state index is -1.06. The normalized spacial score (nSPS) is 18.4. The Bertz CT molecular complexity index is 497. The van der Waals surface area contributed by atoms with Gasteiger partial charge in [-0.1, -0.05) is 19.9 Å². The van der Waals surface area contributed by atoms with Gasteiger partial charge < -0.3 is 5.11 Å². The lowest BCUT2D eigenvalue weighted by molar-refractivity contribution is 0.0694. The van der Waals surface area contributed by atoms with E-state index < -0.39 is 11.8 Å². The highest BCUT2D eigenvalue weighted by Gasteiger charge is 2.34. The molecular formula is C16H22FNO2. The van der Waals surface area contributed by atoms with E-state index >= 15 is 0 Å². The van der Waals surface area contributed by atoms with Gasteiger partial charge in [0.05, 0.1) is 5.56 Å². The number of carbonyl (C=O) groups is 1. The van der Waals surface area contributed by atoms with Crippen LogP contribution in [0, 0.1) is 11.2 Å². The molecule has 1 N–H and O–H groups in total. The molecule has 0 unspecified atom stereocenters. The van der Waals surface area contributed by atoms with Crippen molar-refractivity contribution in [2.75, 3.05) is 13.1 Å². The number of hydrogen-bond donors (Lipinski definition) is 1. The summed E-state index contributed by atoms with van der Waals surface area (Å²) in [4.78, 5) is 13.5. The maximum absolute atomic E-state index is 13.2. The smallest absolute Gasteiger partial charge is 0.336 e. The van der Waals surface area contributed by atoms with Crippen LogP contribution in [-0.4, -0.2) is 29.1 Å². The number of hydrogen-bond acceptors (Lipinski definition) is 2. The lowest BCUT2D eigenvalue weighted by Crippen LogP contribution is -2.26. The molecule has 1 aromatic carbocycles. The summed E-state index contributed by atoms with van der Waals surface area (Å²) in [5.41, 5.74) is 1.14. The number of aromatic carboxylic acids is 1. The Labute approximate surface area is 119 Å². The van der Waals surface area contributed by atoms with Crippen molar-refractivity contribution in [3.8, 4) is 0 Å². The Morgan fingerprint density at radius 1 is 1.40 bits per heavy atom. The summed E-state index contributed by atoms with van der Waals surface area (Å²) < 4.78 is 13.2. The third-order valence-electron chi connectivity index (χ3n) is 4.71. The molecule has 1 heterocycles. The van der Waals surface area contributed by atoms with Gasteiger partial charge >= 0.3 is 5.97 Å². The molecule has 1 fully saturated rings. The minimum absolute atomic E-state index is 0.0792. The zero-order chi connectivity index (χ0) is 14.8. The summed E-state index contributed by atoms with van der Waals surface area (Å²) >= 11 is 0. The number of halogens is 1. The van der Waals surface area contributed by atoms with Crippen molar-refractivity contribution in [1.82, 2.24) is 4.90 Å². The van der Waals surface area contributed by atoms with Gasteiger partial charge in [-0.25, -0.2) is 9.18 Å². The number of carboxylic acids is 1. The van der Waals surface area contributed by atoms with E-state index in [9.17, 15) is 14.3 Å². The van der Waals surface area contributed by atoms with Gasteiger partial charge in [0, 0.05) is 13.1 Å². The SMILES string of the molecule is CCC1(CC)CCN(Cc2ccc(F)cc2C(=O)O)C1. The van der Waals surface area contributed by atoms with E-state index in [1.807, 2.05) is 0 Å². The van der Waals surface area contributed by atoms with E-state index in [0.29, 0.717) is 17.5 Å². The third kappa shape index (κ3) is 3.01. The zero-order valence-electron chi connectivity index (χ0n) is 12.2. The Morgan fingerprint density at radius 2 is 2.10 bits per heavy atom. The Kier molecular flexibility index (Phi) is 4.43. The number of benzene rings is 1. The highest BCUT2D eigenvalue weighted by atomic mass is 19.1. The van der Waals surface area contributed by atoms with Gasteiger partial charge in [-0.15, -0.1) is 0 Å². The molecular weight excluding hydrogens is 257 g/mol. The van der Waals surface area contributed by atoms with Crippen LogP contribution in [0.15, 0.2) is 18.2 Å². The van der Waals surface area contributed by atoms with Crippen LogP contribution in [0.1, 0.15) is 49.0 Å². The third-order valence-corrected chi connectivity index (χ3v) is 4.71. The Balaban J connectivity index is 2.14. The molecule has 0 atom stereocenters. The maximum atomic E-state index is 13.2. The average molecular weight is 279 g/mol. The zero-order valence-corrected chi connectivity index (χ0v) is 12.2. The molecule has 0 saturated carbocycles. The molecule has 4 heteroatoms. The highest BCUT2D eigenvalue weighted by Crippen LogP contribution is 2.37. The van der Waals surface area contributed by atoms with Gasteiger partial charge in [0.15, 0.2) is 0 Å². The predicted molar refractivity (Wildman–Crippen MR) is 76.3 cm³/mol. The van der Waals surface area contributed by atoms with Gasteiger partial charge in [-0.3, -0.25) is 4.90 Å².